The maximum Gasteiger partial charge on any atom is 0.293 e. The van der Waals surface area contributed by atoms with E-state index in [0.29, 0.717) is 6.07 Å². The topological polar surface area (TPSA) is 101 Å². The molecule has 29 heavy (non-hydrogen) atoms. The van der Waals surface area contributed by atoms with Gasteiger partial charge in [-0.1, -0.05) is 0 Å². The Hall–Kier alpha value is -2.99. The molecule has 3 heterocycles. The molecule has 2 aromatic heterocycles. The second-order valence-electron chi connectivity index (χ2n) is 6.50. The number of aryl methyl sites for hydroxylation is 1. The van der Waals surface area contributed by atoms with Gasteiger partial charge in [-0.25, -0.2) is 26.7 Å². The van der Waals surface area contributed by atoms with Crippen LogP contribution in [0, 0.1) is 18.6 Å². The molecule has 0 atom stereocenters. The van der Waals surface area contributed by atoms with Crippen LogP contribution in [0.5, 0.6) is 0 Å². The number of carbonyl (C=O) groups is 1. The highest BCUT2D eigenvalue weighted by molar-refractivity contribution is 7.89. The van der Waals surface area contributed by atoms with E-state index >= 15 is 0 Å². The van der Waals surface area contributed by atoms with Gasteiger partial charge in [0, 0.05) is 38.1 Å². The van der Waals surface area contributed by atoms with Gasteiger partial charge in [-0.2, -0.15) is 9.29 Å². The van der Waals surface area contributed by atoms with Crippen molar-refractivity contribution in [1.29, 1.82) is 0 Å². The molecular formula is C17H16F2N6O3S. The fourth-order valence-corrected chi connectivity index (χ4v) is 4.58. The van der Waals surface area contributed by atoms with Gasteiger partial charge < -0.3 is 4.90 Å². The average Bonchev–Trinajstić information content (AvgIpc) is 3.15. The van der Waals surface area contributed by atoms with E-state index < -0.39 is 32.5 Å². The van der Waals surface area contributed by atoms with Gasteiger partial charge in [-0.05, 0) is 31.2 Å². The minimum Gasteiger partial charge on any atom is -0.333 e. The number of benzene rings is 1. The van der Waals surface area contributed by atoms with Gasteiger partial charge in [0.05, 0.1) is 0 Å². The highest BCUT2D eigenvalue weighted by atomic mass is 32.2. The van der Waals surface area contributed by atoms with Gasteiger partial charge in [0.15, 0.2) is 0 Å². The van der Waals surface area contributed by atoms with E-state index in [-0.39, 0.29) is 37.8 Å². The monoisotopic (exact) mass is 422 g/mol. The van der Waals surface area contributed by atoms with Crippen molar-refractivity contribution in [3.05, 3.63) is 53.6 Å². The van der Waals surface area contributed by atoms with Gasteiger partial charge in [0.2, 0.25) is 15.8 Å². The Morgan fingerprint density at radius 1 is 1.10 bits per heavy atom. The summed E-state index contributed by atoms with van der Waals surface area (Å²) in [6, 6.07) is 4.00. The van der Waals surface area contributed by atoms with Crippen molar-refractivity contribution in [3.63, 3.8) is 0 Å². The SMILES string of the molecule is Cc1ccnc2nc(C(=O)N3CCN(S(=O)(=O)c4cc(F)ccc4F)CC3)nn12. The normalized spacial score (nSPS) is 15.8. The number of sulfonamides is 1. The number of hydrogen-bond donors (Lipinski definition) is 0. The van der Waals surface area contributed by atoms with Crippen LogP contribution in [0.3, 0.4) is 0 Å². The van der Waals surface area contributed by atoms with E-state index in [1.807, 2.05) is 0 Å². The quantitative estimate of drug-likeness (QED) is 0.621. The molecule has 1 saturated heterocycles. The summed E-state index contributed by atoms with van der Waals surface area (Å²) in [5.74, 6) is -2.08. The van der Waals surface area contributed by atoms with Gasteiger partial charge >= 0.3 is 0 Å². The van der Waals surface area contributed by atoms with Crippen LogP contribution >= 0.6 is 0 Å². The highest BCUT2D eigenvalue weighted by Crippen LogP contribution is 2.22. The fraction of sp³-hybridized carbons (Fsp3) is 0.294. The Labute approximate surface area is 164 Å². The molecule has 0 radical (unpaired) electrons. The molecule has 1 fully saturated rings. The van der Waals surface area contributed by atoms with Crippen LogP contribution in [0.15, 0.2) is 35.4 Å². The van der Waals surface area contributed by atoms with Crippen LogP contribution in [0.4, 0.5) is 8.78 Å². The Bertz CT molecular complexity index is 1210. The number of rotatable bonds is 3. The summed E-state index contributed by atoms with van der Waals surface area (Å²) in [6.07, 6.45) is 1.56. The fourth-order valence-electron chi connectivity index (χ4n) is 3.08. The molecule has 0 unspecified atom stereocenters. The molecule has 1 aromatic carbocycles. The first-order valence-corrected chi connectivity index (χ1v) is 10.1. The van der Waals surface area contributed by atoms with Gasteiger partial charge in [-0.3, -0.25) is 4.79 Å². The Balaban J connectivity index is 1.50. The summed E-state index contributed by atoms with van der Waals surface area (Å²) in [5, 5.41) is 4.15. The summed E-state index contributed by atoms with van der Waals surface area (Å²) >= 11 is 0. The number of fused-ring (bicyclic) bond motifs is 1. The predicted octanol–water partition coefficient (Wildman–Crippen LogP) is 0.858. The molecule has 152 valence electrons. The number of hydrogen-bond acceptors (Lipinski definition) is 6. The van der Waals surface area contributed by atoms with Crippen LogP contribution in [-0.4, -0.2) is 69.3 Å². The highest BCUT2D eigenvalue weighted by Gasteiger charge is 2.33. The molecule has 0 N–H and O–H groups in total. The molecule has 3 aromatic rings. The lowest BCUT2D eigenvalue weighted by molar-refractivity contribution is 0.0685. The van der Waals surface area contributed by atoms with E-state index in [0.717, 1.165) is 22.1 Å². The zero-order valence-electron chi connectivity index (χ0n) is 15.3. The Morgan fingerprint density at radius 3 is 2.52 bits per heavy atom. The smallest absolute Gasteiger partial charge is 0.293 e. The molecular weight excluding hydrogens is 406 g/mol. The van der Waals surface area contributed by atoms with Crippen molar-refractivity contribution >= 4 is 21.7 Å². The van der Waals surface area contributed by atoms with Crippen molar-refractivity contribution in [1.82, 2.24) is 28.8 Å². The third kappa shape index (κ3) is 3.44. The Morgan fingerprint density at radius 2 is 1.83 bits per heavy atom. The summed E-state index contributed by atoms with van der Waals surface area (Å²) in [6.45, 7) is 1.81. The minimum absolute atomic E-state index is 0.0423. The van der Waals surface area contributed by atoms with Crippen LogP contribution < -0.4 is 0 Å². The van der Waals surface area contributed by atoms with Gasteiger partial charge in [0.1, 0.15) is 16.5 Å². The van der Waals surface area contributed by atoms with Crippen molar-refractivity contribution in [2.24, 2.45) is 0 Å². The summed E-state index contributed by atoms with van der Waals surface area (Å²) in [5.41, 5.74) is 0.759. The molecule has 1 amide bonds. The predicted molar refractivity (Wildman–Crippen MR) is 96.5 cm³/mol. The second kappa shape index (κ2) is 7.12. The van der Waals surface area contributed by atoms with Gasteiger partial charge in [0.25, 0.3) is 11.7 Å². The molecule has 1 aliphatic rings. The third-order valence-corrected chi connectivity index (χ3v) is 6.57. The standard InChI is InChI=1S/C17H16F2N6O3S/c1-11-4-5-20-17-21-15(22-25(11)17)16(26)23-6-8-24(9-7-23)29(27,28)14-10-12(18)2-3-13(14)19/h2-5,10H,6-9H2,1H3. The largest absolute Gasteiger partial charge is 0.333 e. The maximum atomic E-state index is 13.9. The summed E-state index contributed by atoms with van der Waals surface area (Å²) in [7, 11) is -4.22. The molecule has 4 rings (SSSR count). The molecule has 0 bridgehead atoms. The van der Waals surface area contributed by atoms with E-state index in [4.69, 9.17) is 0 Å². The van der Waals surface area contributed by atoms with E-state index in [1.54, 1.807) is 19.2 Å². The number of halogens is 2. The lowest BCUT2D eigenvalue weighted by Gasteiger charge is -2.33. The molecule has 12 heteroatoms. The second-order valence-corrected chi connectivity index (χ2v) is 8.41. The van der Waals surface area contributed by atoms with Crippen molar-refractivity contribution in [2.45, 2.75) is 11.8 Å². The molecule has 0 spiro atoms. The lowest BCUT2D eigenvalue weighted by Crippen LogP contribution is -2.50. The van der Waals surface area contributed by atoms with E-state index in [1.165, 1.54) is 9.42 Å². The summed E-state index contributed by atoms with van der Waals surface area (Å²) in [4.78, 5) is 21.5. The first-order chi connectivity index (χ1) is 13.8. The van der Waals surface area contributed by atoms with Crippen molar-refractivity contribution in [3.8, 4) is 0 Å². The molecule has 1 aliphatic heterocycles. The number of piperazine rings is 1. The zero-order chi connectivity index (χ0) is 20.8. The van der Waals surface area contributed by atoms with Crippen LogP contribution in [0.1, 0.15) is 16.3 Å². The first kappa shape index (κ1) is 19.3. The maximum absolute atomic E-state index is 13.9. The van der Waals surface area contributed by atoms with Gasteiger partial charge in [-0.15, -0.1) is 5.10 Å². The van der Waals surface area contributed by atoms with Crippen molar-refractivity contribution in [2.75, 3.05) is 26.2 Å². The number of nitrogens with zero attached hydrogens (tertiary/aromatic N) is 6. The number of amides is 1. The van der Waals surface area contributed by atoms with Crippen LogP contribution in [-0.2, 0) is 10.0 Å². The zero-order valence-corrected chi connectivity index (χ0v) is 16.1. The molecule has 9 nitrogen and oxygen atoms in total. The van der Waals surface area contributed by atoms with Crippen molar-refractivity contribution < 1.29 is 22.0 Å². The molecule has 0 aliphatic carbocycles. The van der Waals surface area contributed by atoms with Crippen LogP contribution in [0.2, 0.25) is 0 Å². The Kier molecular flexibility index (Phi) is 4.74. The lowest BCUT2D eigenvalue weighted by atomic mass is 10.3. The number of carbonyl (C=O) groups excluding carboxylic acids is 1. The van der Waals surface area contributed by atoms with E-state index in [9.17, 15) is 22.0 Å². The van der Waals surface area contributed by atoms with E-state index in [2.05, 4.69) is 15.1 Å². The summed E-state index contributed by atoms with van der Waals surface area (Å²) < 4.78 is 55.1. The third-order valence-electron chi connectivity index (χ3n) is 4.66. The first-order valence-electron chi connectivity index (χ1n) is 8.70. The minimum atomic E-state index is -4.22. The molecule has 0 saturated carbocycles. The number of aromatic nitrogens is 4. The van der Waals surface area contributed by atoms with Crippen LogP contribution in [0.25, 0.3) is 5.78 Å². The average molecular weight is 422 g/mol.